The van der Waals surface area contributed by atoms with Crippen molar-refractivity contribution in [3.8, 4) is 0 Å². The molecule has 1 aliphatic heterocycles. The fourth-order valence-electron chi connectivity index (χ4n) is 2.48. The Hall–Kier alpha value is -0.620. The zero-order valence-electron chi connectivity index (χ0n) is 11.8. The predicted octanol–water partition coefficient (Wildman–Crippen LogP) is 2.27. The number of hydrogen-bond donors (Lipinski definition) is 0. The van der Waals surface area contributed by atoms with Crippen LogP contribution in [-0.2, 0) is 21.2 Å². The number of nitrogens with zero attached hydrogens (tertiary/aromatic N) is 1. The zero-order chi connectivity index (χ0) is 14.8. The van der Waals surface area contributed by atoms with E-state index in [-0.39, 0.29) is 12.1 Å². The van der Waals surface area contributed by atoms with E-state index in [0.29, 0.717) is 17.4 Å². The van der Waals surface area contributed by atoms with Gasteiger partial charge >= 0.3 is 0 Å². The van der Waals surface area contributed by atoms with Crippen molar-refractivity contribution >= 4 is 21.6 Å². The maximum Gasteiger partial charge on any atom is 0.243 e. The highest BCUT2D eigenvalue weighted by molar-refractivity contribution is 7.89. The van der Waals surface area contributed by atoms with E-state index in [0.717, 1.165) is 18.4 Å². The van der Waals surface area contributed by atoms with Gasteiger partial charge in [-0.05, 0) is 37.5 Å². The third-order valence-corrected chi connectivity index (χ3v) is 5.87. The van der Waals surface area contributed by atoms with Crippen LogP contribution in [0.2, 0.25) is 0 Å². The molecule has 2 rings (SSSR count). The molecule has 1 heterocycles. The van der Waals surface area contributed by atoms with Gasteiger partial charge in [0, 0.05) is 19.5 Å². The minimum Gasteiger partial charge on any atom is -0.377 e. The lowest BCUT2D eigenvalue weighted by atomic mass is 10.2. The van der Waals surface area contributed by atoms with E-state index < -0.39 is 10.0 Å². The van der Waals surface area contributed by atoms with Crippen LogP contribution in [0.3, 0.4) is 0 Å². The van der Waals surface area contributed by atoms with Crippen molar-refractivity contribution in [2.24, 2.45) is 0 Å². The fourth-order valence-corrected chi connectivity index (χ4v) is 4.14. The molecule has 0 spiro atoms. The van der Waals surface area contributed by atoms with Crippen LogP contribution in [0.25, 0.3) is 0 Å². The van der Waals surface area contributed by atoms with Crippen LogP contribution < -0.4 is 0 Å². The van der Waals surface area contributed by atoms with Crippen molar-refractivity contribution < 1.29 is 13.2 Å². The average Bonchev–Trinajstić information content (AvgIpc) is 2.85. The third-order valence-electron chi connectivity index (χ3n) is 3.79. The van der Waals surface area contributed by atoms with Gasteiger partial charge < -0.3 is 4.74 Å². The second-order valence-corrected chi connectivity index (χ2v) is 7.41. The number of rotatable bonds is 5. The average molecular weight is 318 g/mol. The van der Waals surface area contributed by atoms with Crippen LogP contribution in [0.1, 0.15) is 18.9 Å². The van der Waals surface area contributed by atoms with Gasteiger partial charge in [0.25, 0.3) is 0 Å². The van der Waals surface area contributed by atoms with Gasteiger partial charge in [-0.15, -0.1) is 11.6 Å². The van der Waals surface area contributed by atoms with E-state index in [9.17, 15) is 8.42 Å². The molecular formula is C14H20ClNO3S. The standard InChI is InChI=1S/C14H20ClNO3S/c1-11-14(8-10-19-11)16(2)20(17,18)13-5-3-12(4-6-13)7-9-15/h3-6,11,14H,7-10H2,1-2H3. The Kier molecular flexibility index (Phi) is 5.07. The summed E-state index contributed by atoms with van der Waals surface area (Å²) < 4.78 is 32.0. The Labute approximate surface area is 125 Å². The predicted molar refractivity (Wildman–Crippen MR) is 79.6 cm³/mol. The topological polar surface area (TPSA) is 46.6 Å². The monoisotopic (exact) mass is 317 g/mol. The molecule has 0 radical (unpaired) electrons. The molecule has 20 heavy (non-hydrogen) atoms. The first-order valence-corrected chi connectivity index (χ1v) is 8.69. The summed E-state index contributed by atoms with van der Waals surface area (Å²) in [4.78, 5) is 0.317. The van der Waals surface area contributed by atoms with E-state index in [4.69, 9.17) is 16.3 Å². The highest BCUT2D eigenvalue weighted by Crippen LogP contribution is 2.24. The summed E-state index contributed by atoms with van der Waals surface area (Å²) in [6.45, 7) is 2.52. The molecule has 0 bridgehead atoms. The van der Waals surface area contributed by atoms with Crippen molar-refractivity contribution in [2.75, 3.05) is 19.5 Å². The van der Waals surface area contributed by atoms with Crippen LogP contribution in [0.5, 0.6) is 0 Å². The van der Waals surface area contributed by atoms with Gasteiger partial charge in [0.2, 0.25) is 10.0 Å². The van der Waals surface area contributed by atoms with Crippen molar-refractivity contribution in [1.29, 1.82) is 0 Å². The molecule has 1 aromatic rings. The Morgan fingerprint density at radius 1 is 1.35 bits per heavy atom. The van der Waals surface area contributed by atoms with Crippen LogP contribution in [0.4, 0.5) is 0 Å². The molecule has 0 N–H and O–H groups in total. The Bertz CT molecular complexity index is 544. The SMILES string of the molecule is CC1OCCC1N(C)S(=O)(=O)c1ccc(CCCl)cc1. The Morgan fingerprint density at radius 3 is 2.50 bits per heavy atom. The lowest BCUT2D eigenvalue weighted by Crippen LogP contribution is -2.40. The molecule has 2 unspecified atom stereocenters. The van der Waals surface area contributed by atoms with Crippen LogP contribution in [0.15, 0.2) is 29.2 Å². The summed E-state index contributed by atoms with van der Waals surface area (Å²) in [5, 5.41) is 0. The normalized spacial score (nSPS) is 23.4. The molecule has 1 fully saturated rings. The first-order valence-electron chi connectivity index (χ1n) is 6.71. The smallest absolute Gasteiger partial charge is 0.243 e. The van der Waals surface area contributed by atoms with Gasteiger partial charge in [-0.25, -0.2) is 8.42 Å². The summed E-state index contributed by atoms with van der Waals surface area (Å²) in [6, 6.07) is 6.83. The number of halogens is 1. The molecule has 1 aromatic carbocycles. The molecular weight excluding hydrogens is 298 g/mol. The summed E-state index contributed by atoms with van der Waals surface area (Å²) in [5.74, 6) is 0.531. The van der Waals surface area contributed by atoms with Gasteiger partial charge in [-0.1, -0.05) is 12.1 Å². The molecule has 1 saturated heterocycles. The highest BCUT2D eigenvalue weighted by atomic mass is 35.5. The number of sulfonamides is 1. The van der Waals surface area contributed by atoms with Crippen LogP contribution in [-0.4, -0.2) is 44.4 Å². The maximum absolute atomic E-state index is 12.6. The number of hydrogen-bond acceptors (Lipinski definition) is 3. The molecule has 0 aliphatic carbocycles. The number of aryl methyl sites for hydroxylation is 1. The molecule has 2 atom stereocenters. The number of alkyl halides is 1. The van der Waals surface area contributed by atoms with E-state index >= 15 is 0 Å². The van der Waals surface area contributed by atoms with Crippen molar-refractivity contribution in [1.82, 2.24) is 4.31 Å². The van der Waals surface area contributed by atoms with Crippen LogP contribution in [0, 0.1) is 0 Å². The number of ether oxygens (including phenoxy) is 1. The molecule has 112 valence electrons. The molecule has 1 aliphatic rings. The van der Waals surface area contributed by atoms with E-state index in [1.165, 1.54) is 4.31 Å². The second kappa shape index (κ2) is 6.43. The first-order chi connectivity index (χ1) is 9.46. The maximum atomic E-state index is 12.6. The van der Waals surface area contributed by atoms with E-state index in [1.54, 1.807) is 19.2 Å². The minimum atomic E-state index is -3.47. The fraction of sp³-hybridized carbons (Fsp3) is 0.571. The molecule has 0 aromatic heterocycles. The van der Waals surface area contributed by atoms with Crippen molar-refractivity contribution in [3.63, 3.8) is 0 Å². The molecule has 6 heteroatoms. The van der Waals surface area contributed by atoms with Gasteiger partial charge in [0.1, 0.15) is 0 Å². The summed E-state index contributed by atoms with van der Waals surface area (Å²) >= 11 is 5.68. The first kappa shape index (κ1) is 15.8. The zero-order valence-corrected chi connectivity index (χ0v) is 13.3. The van der Waals surface area contributed by atoms with Gasteiger partial charge in [-0.2, -0.15) is 4.31 Å². The molecule has 0 saturated carbocycles. The molecule has 0 amide bonds. The summed E-state index contributed by atoms with van der Waals surface area (Å²) in [6.07, 6.45) is 1.41. The summed E-state index contributed by atoms with van der Waals surface area (Å²) in [5.41, 5.74) is 1.04. The Balaban J connectivity index is 2.20. The summed E-state index contributed by atoms with van der Waals surface area (Å²) in [7, 11) is -1.84. The lowest BCUT2D eigenvalue weighted by molar-refractivity contribution is 0.102. The van der Waals surface area contributed by atoms with Gasteiger partial charge in [0.05, 0.1) is 17.0 Å². The van der Waals surface area contributed by atoms with Gasteiger partial charge in [0.15, 0.2) is 0 Å². The number of likely N-dealkylation sites (N-methyl/N-ethyl adjacent to an activating group) is 1. The quantitative estimate of drug-likeness (QED) is 0.783. The third kappa shape index (κ3) is 3.17. The van der Waals surface area contributed by atoms with E-state index in [2.05, 4.69) is 0 Å². The van der Waals surface area contributed by atoms with E-state index in [1.807, 2.05) is 19.1 Å². The number of benzene rings is 1. The second-order valence-electron chi connectivity index (χ2n) is 5.04. The largest absolute Gasteiger partial charge is 0.377 e. The highest BCUT2D eigenvalue weighted by Gasteiger charge is 2.35. The lowest BCUT2D eigenvalue weighted by Gasteiger charge is -2.26. The molecule has 4 nitrogen and oxygen atoms in total. The van der Waals surface area contributed by atoms with Crippen molar-refractivity contribution in [2.45, 2.75) is 36.8 Å². The minimum absolute atomic E-state index is 0.0645. The Morgan fingerprint density at radius 2 is 2.00 bits per heavy atom. The van der Waals surface area contributed by atoms with Crippen LogP contribution >= 0.6 is 11.6 Å². The van der Waals surface area contributed by atoms with Gasteiger partial charge in [-0.3, -0.25) is 0 Å². The van der Waals surface area contributed by atoms with Crippen molar-refractivity contribution in [3.05, 3.63) is 29.8 Å².